The number of hydrogen-bond acceptors (Lipinski definition) is 6. The summed E-state index contributed by atoms with van der Waals surface area (Å²) in [4.78, 5) is 6.26. The number of ether oxygens (including phenoxy) is 2. The summed E-state index contributed by atoms with van der Waals surface area (Å²) in [6.07, 6.45) is 0. The molecule has 0 saturated heterocycles. The van der Waals surface area contributed by atoms with Gasteiger partial charge in [0, 0.05) is 22.9 Å². The van der Waals surface area contributed by atoms with E-state index >= 15 is 0 Å². The highest BCUT2D eigenvalue weighted by molar-refractivity contribution is 7.68. The highest BCUT2D eigenvalue weighted by atomic mass is 32.9. The molecule has 0 amide bonds. The predicted molar refractivity (Wildman–Crippen MR) is 109 cm³/mol. The zero-order valence-corrected chi connectivity index (χ0v) is 16.8. The van der Waals surface area contributed by atoms with Crippen LogP contribution < -0.4 is 19.5 Å². The summed E-state index contributed by atoms with van der Waals surface area (Å²) in [6, 6.07) is 14.1. The summed E-state index contributed by atoms with van der Waals surface area (Å²) in [5, 5.41) is 3.64. The summed E-state index contributed by atoms with van der Waals surface area (Å²) < 4.78 is 11.8. The monoisotopic (exact) mass is 384 g/mol. The largest absolute Gasteiger partial charge is 0.497 e. The van der Waals surface area contributed by atoms with Gasteiger partial charge < -0.3 is 14.8 Å². The number of anilines is 1. The Morgan fingerprint density at radius 2 is 1.81 bits per heavy atom. The third-order valence-corrected chi connectivity index (χ3v) is 7.11. The first-order chi connectivity index (χ1) is 12.5. The Balaban J connectivity index is 1.94. The van der Waals surface area contributed by atoms with Crippen LogP contribution in [0.4, 0.5) is 11.4 Å². The molecule has 0 radical (unpaired) electrons. The van der Waals surface area contributed by atoms with E-state index in [1.807, 2.05) is 18.2 Å². The van der Waals surface area contributed by atoms with E-state index in [1.165, 1.54) is 16.0 Å². The number of benzene rings is 2. The van der Waals surface area contributed by atoms with Gasteiger partial charge in [0.15, 0.2) is 0 Å². The number of fused-ring (bicyclic) bond motifs is 3. The van der Waals surface area contributed by atoms with Crippen LogP contribution in [0.1, 0.15) is 18.7 Å². The average Bonchev–Trinajstić information content (AvgIpc) is 3.07. The van der Waals surface area contributed by atoms with E-state index in [4.69, 9.17) is 14.5 Å². The fourth-order valence-corrected chi connectivity index (χ4v) is 6.11. The molecule has 0 unspecified atom stereocenters. The molecule has 0 fully saturated rings. The number of methoxy groups -OCH3 is 2. The normalized spacial score (nSPS) is 15.0. The van der Waals surface area contributed by atoms with Crippen LogP contribution in [-0.4, -0.2) is 14.2 Å². The van der Waals surface area contributed by atoms with Gasteiger partial charge in [-0.1, -0.05) is 38.9 Å². The highest BCUT2D eigenvalue weighted by Gasteiger charge is 2.33. The highest BCUT2D eigenvalue weighted by Crippen LogP contribution is 2.45. The van der Waals surface area contributed by atoms with E-state index < -0.39 is 0 Å². The number of hydrogen-bond donors (Lipinski definition) is 1. The van der Waals surface area contributed by atoms with Gasteiger partial charge in [0.05, 0.1) is 24.6 Å². The lowest BCUT2D eigenvalue weighted by atomic mass is 9.90. The molecule has 0 aliphatic carbocycles. The molecule has 1 aliphatic heterocycles. The molecule has 0 spiro atoms. The Hall–Kier alpha value is -2.31. The van der Waals surface area contributed by atoms with Crippen molar-refractivity contribution in [1.29, 1.82) is 0 Å². The van der Waals surface area contributed by atoms with Gasteiger partial charge in [0.2, 0.25) is 0 Å². The molecular weight excluding hydrogens is 364 g/mol. The molecule has 0 saturated carbocycles. The molecule has 1 aromatic heterocycles. The first kappa shape index (κ1) is 17.1. The van der Waals surface area contributed by atoms with Crippen LogP contribution in [0.3, 0.4) is 0 Å². The van der Waals surface area contributed by atoms with Gasteiger partial charge in [0.1, 0.15) is 21.9 Å². The smallest absolute Gasteiger partial charge is 0.148 e. The molecule has 1 aliphatic rings. The van der Waals surface area contributed by atoms with Crippen molar-refractivity contribution in [3.63, 3.8) is 0 Å². The molecule has 1 N–H and O–H groups in total. The summed E-state index contributed by atoms with van der Waals surface area (Å²) in [6.45, 7) is 4.42. The van der Waals surface area contributed by atoms with Crippen LogP contribution in [0.2, 0.25) is 0 Å². The molecule has 2 heterocycles. The Morgan fingerprint density at radius 3 is 2.58 bits per heavy atom. The van der Waals surface area contributed by atoms with Crippen molar-refractivity contribution in [1.82, 2.24) is 0 Å². The Kier molecular flexibility index (Phi) is 4.25. The summed E-state index contributed by atoms with van der Waals surface area (Å²) in [7, 11) is 6.79. The average molecular weight is 385 g/mol. The van der Waals surface area contributed by atoms with Crippen molar-refractivity contribution < 1.29 is 9.47 Å². The quantitative estimate of drug-likeness (QED) is 0.616. The van der Waals surface area contributed by atoms with E-state index in [-0.39, 0.29) is 5.54 Å². The lowest BCUT2D eigenvalue weighted by Crippen LogP contribution is -2.31. The third kappa shape index (κ3) is 2.79. The Labute approximate surface area is 160 Å². The van der Waals surface area contributed by atoms with Crippen molar-refractivity contribution >= 4 is 32.1 Å². The molecule has 0 bridgehead atoms. The predicted octanol–water partition coefficient (Wildman–Crippen LogP) is 5.39. The number of para-hydroxylation sites is 1. The molecule has 4 rings (SSSR count). The number of nitrogens with zero attached hydrogens (tertiary/aromatic N) is 1. The van der Waals surface area contributed by atoms with Crippen molar-refractivity contribution in [2.24, 2.45) is 4.99 Å². The topological polar surface area (TPSA) is 42.8 Å². The van der Waals surface area contributed by atoms with Gasteiger partial charge in [-0.05, 0) is 32.0 Å². The van der Waals surface area contributed by atoms with Crippen LogP contribution >= 0.6 is 20.7 Å². The SMILES string of the molecule is COc1ccc(N=c2ssc3c2-c2ccccc2NC3(C)C)c(OC)c1. The standard InChI is InChI=1S/C20H20N2O2S2/c1-20(2)18-17(13-7-5-6-8-14(13)22-20)19(26-25-18)21-15-10-9-12(23-3)11-16(15)24-4/h5-11,22H,1-4H3. The van der Waals surface area contributed by atoms with Crippen LogP contribution in [-0.2, 0) is 5.54 Å². The van der Waals surface area contributed by atoms with E-state index in [1.54, 1.807) is 34.9 Å². The lowest BCUT2D eigenvalue weighted by Gasteiger charge is -2.33. The maximum atomic E-state index is 5.51. The number of nitrogens with one attached hydrogen (secondary N) is 1. The van der Waals surface area contributed by atoms with E-state index in [9.17, 15) is 0 Å². The van der Waals surface area contributed by atoms with Gasteiger partial charge in [-0.15, -0.1) is 0 Å². The Morgan fingerprint density at radius 1 is 1.00 bits per heavy atom. The van der Waals surface area contributed by atoms with E-state index in [0.29, 0.717) is 5.75 Å². The minimum absolute atomic E-state index is 0.122. The minimum Gasteiger partial charge on any atom is -0.497 e. The lowest BCUT2D eigenvalue weighted by molar-refractivity contribution is 0.395. The van der Waals surface area contributed by atoms with Crippen molar-refractivity contribution in [3.05, 3.63) is 52.0 Å². The zero-order chi connectivity index (χ0) is 18.3. The third-order valence-electron chi connectivity index (χ3n) is 4.46. The molecular formula is C20H20N2O2S2. The fourth-order valence-electron chi connectivity index (χ4n) is 3.18. The van der Waals surface area contributed by atoms with Crippen molar-refractivity contribution in [2.75, 3.05) is 19.5 Å². The van der Waals surface area contributed by atoms with Gasteiger partial charge in [-0.2, -0.15) is 0 Å². The van der Waals surface area contributed by atoms with Crippen LogP contribution in [0.15, 0.2) is 47.5 Å². The Bertz CT molecular complexity index is 1030. The molecule has 26 heavy (non-hydrogen) atoms. The van der Waals surface area contributed by atoms with Gasteiger partial charge in [-0.25, -0.2) is 4.99 Å². The van der Waals surface area contributed by atoms with Gasteiger partial charge >= 0.3 is 0 Å². The molecule has 0 atom stereocenters. The van der Waals surface area contributed by atoms with Gasteiger partial charge in [0.25, 0.3) is 0 Å². The molecule has 6 heteroatoms. The van der Waals surface area contributed by atoms with Crippen LogP contribution in [0.5, 0.6) is 11.5 Å². The summed E-state index contributed by atoms with van der Waals surface area (Å²) in [5.41, 5.74) is 4.25. The second-order valence-corrected chi connectivity index (χ2v) is 8.75. The first-order valence-electron chi connectivity index (χ1n) is 8.31. The van der Waals surface area contributed by atoms with E-state index in [2.05, 4.69) is 43.4 Å². The molecule has 4 nitrogen and oxygen atoms in total. The fraction of sp³-hybridized carbons (Fsp3) is 0.250. The van der Waals surface area contributed by atoms with E-state index in [0.717, 1.165) is 21.8 Å². The number of rotatable bonds is 3. The summed E-state index contributed by atoms with van der Waals surface area (Å²) >= 11 is 0. The second-order valence-electron chi connectivity index (χ2n) is 6.62. The maximum Gasteiger partial charge on any atom is 0.148 e. The van der Waals surface area contributed by atoms with Crippen LogP contribution in [0.25, 0.3) is 11.1 Å². The molecule has 134 valence electrons. The first-order valence-corrected chi connectivity index (χ1v) is 10.5. The minimum atomic E-state index is -0.122. The molecule has 2 aromatic carbocycles. The molecule has 3 aromatic rings. The zero-order valence-electron chi connectivity index (χ0n) is 15.1. The van der Waals surface area contributed by atoms with Crippen LogP contribution in [0, 0.1) is 0 Å². The van der Waals surface area contributed by atoms with Crippen molar-refractivity contribution in [2.45, 2.75) is 19.4 Å². The second kappa shape index (κ2) is 6.45. The maximum absolute atomic E-state index is 5.51. The summed E-state index contributed by atoms with van der Waals surface area (Å²) in [5.74, 6) is 1.46. The van der Waals surface area contributed by atoms with Crippen molar-refractivity contribution in [3.8, 4) is 22.6 Å². The van der Waals surface area contributed by atoms with Gasteiger partial charge in [-0.3, -0.25) is 0 Å².